The Morgan fingerprint density at radius 3 is 2.81 bits per heavy atom. The van der Waals surface area contributed by atoms with E-state index in [4.69, 9.17) is 5.11 Å². The second-order valence-electron chi connectivity index (χ2n) is 3.44. The summed E-state index contributed by atoms with van der Waals surface area (Å²) in [6, 6.07) is 3.61. The van der Waals surface area contributed by atoms with E-state index in [9.17, 15) is 13.6 Å². The molecule has 6 heteroatoms. The Morgan fingerprint density at radius 2 is 2.19 bits per heavy atom. The zero-order valence-corrected chi connectivity index (χ0v) is 8.32. The lowest BCUT2D eigenvalue weighted by Gasteiger charge is -2.10. The van der Waals surface area contributed by atoms with Gasteiger partial charge in [0.05, 0.1) is 17.4 Å². The maximum atomic E-state index is 13.2. The SMILES string of the molecule is Cn1cnc2cc(C(F)(F)C(=O)O)ccc21. The standard InChI is InChI=1S/C10H8F2N2O2/c1-14-5-13-7-4-6(2-3-8(7)14)10(11,12)9(15)16/h2-5H,1H3,(H,15,16). The number of hydrogen-bond donors (Lipinski definition) is 1. The minimum Gasteiger partial charge on any atom is -0.477 e. The van der Waals surface area contributed by atoms with Crippen molar-refractivity contribution in [2.24, 2.45) is 7.05 Å². The normalized spacial score (nSPS) is 11.9. The summed E-state index contributed by atoms with van der Waals surface area (Å²) in [7, 11) is 1.73. The monoisotopic (exact) mass is 226 g/mol. The molecular formula is C10H8F2N2O2. The third-order valence-electron chi connectivity index (χ3n) is 2.36. The van der Waals surface area contributed by atoms with E-state index < -0.39 is 17.5 Å². The van der Waals surface area contributed by atoms with Crippen molar-refractivity contribution in [3.63, 3.8) is 0 Å². The number of benzene rings is 1. The first-order valence-electron chi connectivity index (χ1n) is 4.45. The van der Waals surface area contributed by atoms with Gasteiger partial charge < -0.3 is 9.67 Å². The van der Waals surface area contributed by atoms with Crippen molar-refractivity contribution in [3.8, 4) is 0 Å². The van der Waals surface area contributed by atoms with Crippen molar-refractivity contribution in [3.05, 3.63) is 30.1 Å². The van der Waals surface area contributed by atoms with Gasteiger partial charge in [-0.15, -0.1) is 0 Å². The van der Waals surface area contributed by atoms with Crippen molar-refractivity contribution in [2.75, 3.05) is 0 Å². The van der Waals surface area contributed by atoms with Gasteiger partial charge in [-0.25, -0.2) is 9.78 Å². The molecule has 0 spiro atoms. The van der Waals surface area contributed by atoms with Gasteiger partial charge in [-0.3, -0.25) is 0 Å². The molecule has 2 rings (SSSR count). The van der Waals surface area contributed by atoms with Crippen LogP contribution in [0.15, 0.2) is 24.5 Å². The number of fused-ring (bicyclic) bond motifs is 1. The fourth-order valence-electron chi connectivity index (χ4n) is 1.45. The molecule has 0 fully saturated rings. The van der Waals surface area contributed by atoms with Crippen molar-refractivity contribution < 1.29 is 18.7 Å². The van der Waals surface area contributed by atoms with E-state index in [0.29, 0.717) is 11.0 Å². The number of halogens is 2. The second-order valence-corrected chi connectivity index (χ2v) is 3.44. The average molecular weight is 226 g/mol. The number of aryl methyl sites for hydroxylation is 1. The molecule has 0 aliphatic heterocycles. The topological polar surface area (TPSA) is 55.1 Å². The number of aromatic nitrogens is 2. The van der Waals surface area contributed by atoms with Gasteiger partial charge in [-0.1, -0.05) is 6.07 Å². The van der Waals surface area contributed by atoms with E-state index in [0.717, 1.165) is 12.1 Å². The number of hydrogen-bond acceptors (Lipinski definition) is 2. The summed E-state index contributed by atoms with van der Waals surface area (Å²) in [6.45, 7) is 0. The molecule has 16 heavy (non-hydrogen) atoms. The van der Waals surface area contributed by atoms with E-state index in [2.05, 4.69) is 4.98 Å². The highest BCUT2D eigenvalue weighted by atomic mass is 19.3. The molecule has 0 aliphatic rings. The summed E-state index contributed by atoms with van der Waals surface area (Å²) >= 11 is 0. The van der Waals surface area contributed by atoms with Gasteiger partial charge in [-0.2, -0.15) is 8.78 Å². The molecule has 0 saturated heterocycles. The molecule has 0 saturated carbocycles. The minimum absolute atomic E-state index is 0.348. The highest BCUT2D eigenvalue weighted by Gasteiger charge is 2.41. The lowest BCUT2D eigenvalue weighted by atomic mass is 10.1. The molecule has 4 nitrogen and oxygen atoms in total. The van der Waals surface area contributed by atoms with Crippen molar-refractivity contribution >= 4 is 17.0 Å². The van der Waals surface area contributed by atoms with Crippen LogP contribution in [0.25, 0.3) is 11.0 Å². The number of rotatable bonds is 2. The largest absolute Gasteiger partial charge is 0.477 e. The summed E-state index contributed by atoms with van der Waals surface area (Å²) in [6.07, 6.45) is 1.48. The van der Waals surface area contributed by atoms with Gasteiger partial charge in [0.15, 0.2) is 0 Å². The van der Waals surface area contributed by atoms with E-state index >= 15 is 0 Å². The van der Waals surface area contributed by atoms with Gasteiger partial charge >= 0.3 is 11.9 Å². The van der Waals surface area contributed by atoms with Gasteiger partial charge in [0, 0.05) is 12.6 Å². The van der Waals surface area contributed by atoms with Crippen LogP contribution < -0.4 is 0 Å². The van der Waals surface area contributed by atoms with Crippen LogP contribution in [0.2, 0.25) is 0 Å². The number of carbonyl (C=O) groups is 1. The van der Waals surface area contributed by atoms with Gasteiger partial charge in [0.1, 0.15) is 0 Å². The summed E-state index contributed by atoms with van der Waals surface area (Å²) in [4.78, 5) is 14.3. The number of alkyl halides is 2. The molecule has 0 bridgehead atoms. The molecule has 1 heterocycles. The Hall–Kier alpha value is -1.98. The minimum atomic E-state index is -3.88. The number of nitrogens with zero attached hydrogens (tertiary/aromatic N) is 2. The zero-order valence-electron chi connectivity index (χ0n) is 8.32. The predicted octanol–water partition coefficient (Wildman–Crippen LogP) is 1.75. The van der Waals surface area contributed by atoms with Crippen LogP contribution in [0.4, 0.5) is 8.78 Å². The van der Waals surface area contributed by atoms with Crippen molar-refractivity contribution in [1.29, 1.82) is 0 Å². The van der Waals surface area contributed by atoms with Crippen LogP contribution in [0.3, 0.4) is 0 Å². The predicted molar refractivity (Wildman–Crippen MR) is 52.2 cm³/mol. The highest BCUT2D eigenvalue weighted by molar-refractivity contribution is 5.81. The Balaban J connectivity index is 2.59. The smallest absolute Gasteiger partial charge is 0.379 e. The first-order valence-corrected chi connectivity index (χ1v) is 4.45. The molecule has 0 aliphatic carbocycles. The molecule has 2 aromatic rings. The van der Waals surface area contributed by atoms with Gasteiger partial charge in [0.25, 0.3) is 0 Å². The Bertz CT molecular complexity index is 563. The maximum Gasteiger partial charge on any atom is 0.379 e. The van der Waals surface area contributed by atoms with Crippen LogP contribution in [0.1, 0.15) is 5.56 Å². The Morgan fingerprint density at radius 1 is 1.50 bits per heavy atom. The molecule has 0 unspecified atom stereocenters. The Kier molecular flexibility index (Phi) is 2.15. The molecule has 0 radical (unpaired) electrons. The van der Waals surface area contributed by atoms with Gasteiger partial charge in [0.2, 0.25) is 0 Å². The number of carboxylic acid groups (broad SMARTS) is 1. The quantitative estimate of drug-likeness (QED) is 0.848. The highest BCUT2D eigenvalue weighted by Crippen LogP contribution is 2.30. The fraction of sp³-hybridized carbons (Fsp3) is 0.200. The number of carboxylic acids is 1. The lowest BCUT2D eigenvalue weighted by Crippen LogP contribution is -2.25. The average Bonchev–Trinajstić information content (AvgIpc) is 2.60. The summed E-state index contributed by atoms with van der Waals surface area (Å²) in [5, 5.41) is 8.40. The van der Waals surface area contributed by atoms with Crippen LogP contribution >= 0.6 is 0 Å². The lowest BCUT2D eigenvalue weighted by molar-refractivity contribution is -0.166. The van der Waals surface area contributed by atoms with E-state index in [-0.39, 0.29) is 0 Å². The third kappa shape index (κ3) is 1.42. The van der Waals surface area contributed by atoms with Crippen LogP contribution in [0.5, 0.6) is 0 Å². The molecule has 1 aromatic carbocycles. The number of aliphatic carboxylic acids is 1. The summed E-state index contributed by atoms with van der Waals surface area (Å²) in [5.41, 5.74) is 0.456. The Labute approximate surface area is 89.1 Å². The zero-order chi connectivity index (χ0) is 11.9. The summed E-state index contributed by atoms with van der Waals surface area (Å²) in [5.74, 6) is -6.05. The maximum absolute atomic E-state index is 13.2. The summed E-state index contributed by atoms with van der Waals surface area (Å²) < 4.78 is 28.0. The van der Waals surface area contributed by atoms with Crippen LogP contribution in [-0.2, 0) is 17.8 Å². The first kappa shape index (κ1) is 10.5. The van der Waals surface area contributed by atoms with E-state index in [1.54, 1.807) is 11.6 Å². The molecule has 0 amide bonds. The third-order valence-corrected chi connectivity index (χ3v) is 2.36. The molecular weight excluding hydrogens is 218 g/mol. The first-order chi connectivity index (χ1) is 7.43. The molecule has 1 N–H and O–H groups in total. The molecule has 0 atom stereocenters. The van der Waals surface area contributed by atoms with Gasteiger partial charge in [-0.05, 0) is 12.1 Å². The van der Waals surface area contributed by atoms with E-state index in [1.165, 1.54) is 12.4 Å². The van der Waals surface area contributed by atoms with Crippen molar-refractivity contribution in [1.82, 2.24) is 9.55 Å². The molecule has 84 valence electrons. The van der Waals surface area contributed by atoms with Crippen LogP contribution in [-0.4, -0.2) is 20.6 Å². The second kappa shape index (κ2) is 3.26. The van der Waals surface area contributed by atoms with Crippen molar-refractivity contribution in [2.45, 2.75) is 5.92 Å². The molecule has 1 aromatic heterocycles. The van der Waals surface area contributed by atoms with Crippen LogP contribution in [0, 0.1) is 0 Å². The number of imidazole rings is 1. The van der Waals surface area contributed by atoms with E-state index in [1.807, 2.05) is 0 Å². The fourth-order valence-corrected chi connectivity index (χ4v) is 1.45.